The first-order valence-electron chi connectivity index (χ1n) is 7.23. The van der Waals surface area contributed by atoms with E-state index >= 15 is 0 Å². The lowest BCUT2D eigenvalue weighted by atomic mass is 10.0. The van der Waals surface area contributed by atoms with E-state index in [1.807, 2.05) is 6.07 Å². The first kappa shape index (κ1) is 12.8. The highest BCUT2D eigenvalue weighted by Gasteiger charge is 2.30. The predicted molar refractivity (Wildman–Crippen MR) is 89.1 cm³/mol. The molecule has 0 bridgehead atoms. The van der Waals surface area contributed by atoms with E-state index in [0.29, 0.717) is 6.04 Å². The molecule has 0 N–H and O–H groups in total. The lowest BCUT2D eigenvalue weighted by Gasteiger charge is -2.10. The van der Waals surface area contributed by atoms with Crippen LogP contribution in [0.5, 0.6) is 0 Å². The predicted octanol–water partition coefficient (Wildman–Crippen LogP) is 5.31. The maximum absolute atomic E-state index is 4.80. The number of benzene rings is 2. The minimum Gasteiger partial charge on any atom is -0.315 e. The summed E-state index contributed by atoms with van der Waals surface area (Å²) in [5, 5.41) is 0. The normalized spacial score (nSPS) is 14.3. The number of rotatable bonds is 3. The molecule has 3 aromatic rings. The summed E-state index contributed by atoms with van der Waals surface area (Å²) >= 11 is 3.66. The Bertz CT molecular complexity index is 759. The maximum Gasteiger partial charge on any atom is 0.178 e. The van der Waals surface area contributed by atoms with E-state index in [-0.39, 0.29) is 0 Å². The Hall–Kier alpha value is -1.87. The lowest BCUT2D eigenvalue weighted by molar-refractivity contribution is 0.728. The summed E-state index contributed by atoms with van der Waals surface area (Å²) in [6.07, 6.45) is 2.48. The minimum atomic E-state index is 0.583. The summed E-state index contributed by atoms with van der Waals surface area (Å²) in [6, 6.07) is 21.5. The monoisotopic (exact) mass is 338 g/mol. The van der Waals surface area contributed by atoms with Crippen LogP contribution in [0.25, 0.3) is 22.5 Å². The van der Waals surface area contributed by atoms with Gasteiger partial charge in [0.2, 0.25) is 0 Å². The molecule has 1 aromatic heterocycles. The Kier molecular flexibility index (Phi) is 3.15. The van der Waals surface area contributed by atoms with Crippen molar-refractivity contribution in [1.82, 2.24) is 9.55 Å². The highest BCUT2D eigenvalue weighted by Crippen LogP contribution is 2.44. The van der Waals surface area contributed by atoms with Crippen molar-refractivity contribution in [3.05, 3.63) is 65.4 Å². The van der Waals surface area contributed by atoms with Crippen molar-refractivity contribution in [2.45, 2.75) is 18.9 Å². The zero-order chi connectivity index (χ0) is 14.2. The molecular formula is C18H15BrN2. The van der Waals surface area contributed by atoms with Crippen LogP contribution in [0.3, 0.4) is 0 Å². The molecule has 1 fully saturated rings. The molecule has 2 aromatic carbocycles. The molecule has 3 heteroatoms. The van der Waals surface area contributed by atoms with Crippen LogP contribution in [0, 0.1) is 0 Å². The van der Waals surface area contributed by atoms with Crippen LogP contribution < -0.4 is 0 Å². The number of hydrogen-bond donors (Lipinski definition) is 0. The van der Waals surface area contributed by atoms with Crippen molar-refractivity contribution in [2.24, 2.45) is 0 Å². The van der Waals surface area contributed by atoms with Gasteiger partial charge >= 0.3 is 0 Å². The minimum absolute atomic E-state index is 0.583. The van der Waals surface area contributed by atoms with Crippen molar-refractivity contribution in [3.63, 3.8) is 0 Å². The molecule has 0 atom stereocenters. The van der Waals surface area contributed by atoms with Gasteiger partial charge in [-0.3, -0.25) is 0 Å². The third kappa shape index (κ3) is 2.32. The van der Waals surface area contributed by atoms with Crippen molar-refractivity contribution < 1.29 is 0 Å². The van der Waals surface area contributed by atoms with Crippen molar-refractivity contribution >= 4 is 15.9 Å². The van der Waals surface area contributed by atoms with Crippen LogP contribution in [0.1, 0.15) is 18.9 Å². The van der Waals surface area contributed by atoms with Gasteiger partial charge in [0.1, 0.15) is 0 Å². The average molecular weight is 339 g/mol. The van der Waals surface area contributed by atoms with Crippen LogP contribution in [0.4, 0.5) is 0 Å². The molecule has 1 aliphatic carbocycles. The molecular weight excluding hydrogens is 324 g/mol. The standard InChI is InChI=1S/C18H15BrN2/c19-18-20-16(13-7-3-1-4-8-13)17(21(18)15-11-12-15)14-9-5-2-6-10-14/h1-10,15H,11-12H2. The second kappa shape index (κ2) is 5.15. The van der Waals surface area contributed by atoms with E-state index in [1.165, 1.54) is 24.1 Å². The average Bonchev–Trinajstić information content (AvgIpc) is 3.32. The second-order valence-electron chi connectivity index (χ2n) is 5.41. The molecule has 1 saturated carbocycles. The fourth-order valence-corrected chi connectivity index (χ4v) is 3.38. The zero-order valence-electron chi connectivity index (χ0n) is 11.5. The van der Waals surface area contributed by atoms with Gasteiger partial charge in [-0.1, -0.05) is 60.7 Å². The Balaban J connectivity index is 1.97. The molecule has 0 amide bonds. The molecule has 104 valence electrons. The smallest absolute Gasteiger partial charge is 0.178 e. The first-order valence-corrected chi connectivity index (χ1v) is 8.02. The van der Waals surface area contributed by atoms with Gasteiger partial charge in [-0.2, -0.15) is 0 Å². The summed E-state index contributed by atoms with van der Waals surface area (Å²) in [5.74, 6) is 0. The lowest BCUT2D eigenvalue weighted by Crippen LogP contribution is -1.97. The summed E-state index contributed by atoms with van der Waals surface area (Å²) in [5.41, 5.74) is 4.66. The van der Waals surface area contributed by atoms with E-state index in [9.17, 15) is 0 Å². The molecule has 4 rings (SSSR count). The van der Waals surface area contributed by atoms with Gasteiger partial charge in [-0.05, 0) is 28.8 Å². The van der Waals surface area contributed by atoms with Gasteiger partial charge in [-0.15, -0.1) is 0 Å². The van der Waals surface area contributed by atoms with Gasteiger partial charge in [0.15, 0.2) is 4.73 Å². The molecule has 0 spiro atoms. The van der Waals surface area contributed by atoms with Crippen LogP contribution in [0.2, 0.25) is 0 Å². The third-order valence-corrected chi connectivity index (χ3v) is 4.43. The van der Waals surface area contributed by atoms with E-state index in [2.05, 4.69) is 75.1 Å². The summed E-state index contributed by atoms with van der Waals surface area (Å²) < 4.78 is 3.28. The fraction of sp³-hybridized carbons (Fsp3) is 0.167. The molecule has 0 radical (unpaired) electrons. The Labute approximate surface area is 132 Å². The van der Waals surface area contributed by atoms with Crippen LogP contribution in [-0.2, 0) is 0 Å². The van der Waals surface area contributed by atoms with Gasteiger partial charge < -0.3 is 4.57 Å². The zero-order valence-corrected chi connectivity index (χ0v) is 13.1. The molecule has 0 unspecified atom stereocenters. The van der Waals surface area contributed by atoms with E-state index in [0.717, 1.165) is 16.0 Å². The van der Waals surface area contributed by atoms with E-state index < -0.39 is 0 Å². The molecule has 1 aliphatic rings. The quantitative estimate of drug-likeness (QED) is 0.632. The van der Waals surface area contributed by atoms with Crippen LogP contribution >= 0.6 is 15.9 Å². The number of hydrogen-bond acceptors (Lipinski definition) is 1. The van der Waals surface area contributed by atoms with Gasteiger partial charge in [0.25, 0.3) is 0 Å². The van der Waals surface area contributed by atoms with Gasteiger partial charge in [0, 0.05) is 17.2 Å². The van der Waals surface area contributed by atoms with Gasteiger partial charge in [-0.25, -0.2) is 4.98 Å². The second-order valence-corrected chi connectivity index (χ2v) is 6.12. The van der Waals surface area contributed by atoms with E-state index in [1.54, 1.807) is 0 Å². The number of imidazole rings is 1. The number of aromatic nitrogens is 2. The highest BCUT2D eigenvalue weighted by molar-refractivity contribution is 9.10. The maximum atomic E-state index is 4.80. The SMILES string of the molecule is Brc1nc(-c2ccccc2)c(-c2ccccc2)n1C1CC1. The number of halogens is 1. The molecule has 0 aliphatic heterocycles. The van der Waals surface area contributed by atoms with Crippen LogP contribution in [-0.4, -0.2) is 9.55 Å². The molecule has 21 heavy (non-hydrogen) atoms. The number of nitrogens with zero attached hydrogens (tertiary/aromatic N) is 2. The topological polar surface area (TPSA) is 17.8 Å². The molecule has 1 heterocycles. The highest BCUT2D eigenvalue weighted by atomic mass is 79.9. The first-order chi connectivity index (χ1) is 10.3. The molecule has 2 nitrogen and oxygen atoms in total. The van der Waals surface area contributed by atoms with E-state index in [4.69, 9.17) is 4.98 Å². The van der Waals surface area contributed by atoms with Gasteiger partial charge in [0.05, 0.1) is 11.4 Å². The van der Waals surface area contributed by atoms with Crippen LogP contribution in [0.15, 0.2) is 65.4 Å². The summed E-state index contributed by atoms with van der Waals surface area (Å²) in [6.45, 7) is 0. The molecule has 0 saturated heterocycles. The Morgan fingerprint density at radius 1 is 0.857 bits per heavy atom. The van der Waals surface area contributed by atoms with Crippen molar-refractivity contribution in [1.29, 1.82) is 0 Å². The Morgan fingerprint density at radius 2 is 1.43 bits per heavy atom. The third-order valence-electron chi connectivity index (χ3n) is 3.87. The summed E-state index contributed by atoms with van der Waals surface area (Å²) in [7, 11) is 0. The van der Waals surface area contributed by atoms with Crippen molar-refractivity contribution in [3.8, 4) is 22.5 Å². The summed E-state index contributed by atoms with van der Waals surface area (Å²) in [4.78, 5) is 4.80. The Morgan fingerprint density at radius 3 is 2.00 bits per heavy atom. The fourth-order valence-electron chi connectivity index (χ4n) is 2.74. The largest absolute Gasteiger partial charge is 0.315 e. The van der Waals surface area contributed by atoms with Crippen molar-refractivity contribution in [2.75, 3.05) is 0 Å².